The van der Waals surface area contributed by atoms with Gasteiger partial charge >= 0.3 is 0 Å². The van der Waals surface area contributed by atoms with Crippen molar-refractivity contribution in [2.75, 3.05) is 20.8 Å². The molecule has 5 aromatic rings. The van der Waals surface area contributed by atoms with Crippen molar-refractivity contribution in [1.82, 2.24) is 14.5 Å². The van der Waals surface area contributed by atoms with Crippen molar-refractivity contribution in [3.05, 3.63) is 59.7 Å². The van der Waals surface area contributed by atoms with Crippen molar-refractivity contribution in [3.8, 4) is 0 Å². The number of hydrogen-bond acceptors (Lipinski definition) is 6. The molecule has 2 aliphatic heterocycles. The van der Waals surface area contributed by atoms with Crippen LogP contribution < -0.4 is 0 Å². The number of H-pyrrole nitrogens is 1. The number of carbonyl (C=O) groups excluding carboxylic acids is 1. The largest absolute Gasteiger partial charge is 0.394 e. The molecule has 0 aliphatic carbocycles. The number of amides is 1. The third-order valence-electron chi connectivity index (χ3n) is 8.03. The van der Waals surface area contributed by atoms with Gasteiger partial charge in [0, 0.05) is 47.8 Å². The number of aliphatic hydroxyl groups excluding tert-OH is 3. The predicted molar refractivity (Wildman–Crippen MR) is 138 cm³/mol. The molecule has 37 heavy (non-hydrogen) atoms. The fourth-order valence-corrected chi connectivity index (χ4v) is 6.40. The zero-order valence-electron chi connectivity index (χ0n) is 20.4. The van der Waals surface area contributed by atoms with E-state index in [0.717, 1.165) is 43.7 Å². The molecule has 0 spiro atoms. The number of para-hydroxylation sites is 2. The molecular weight excluding hydrogens is 474 g/mol. The number of nitrogens with zero attached hydrogens (tertiary/aromatic N) is 2. The number of aromatic amines is 1. The first kappa shape index (κ1) is 22.7. The summed E-state index contributed by atoms with van der Waals surface area (Å²) in [6, 6.07) is 15.7. The molecule has 2 aromatic heterocycles. The van der Waals surface area contributed by atoms with Gasteiger partial charge in [-0.3, -0.25) is 4.79 Å². The van der Waals surface area contributed by atoms with E-state index in [1.165, 1.54) is 7.11 Å². The Balaban J connectivity index is 1.66. The molecule has 4 heterocycles. The monoisotopic (exact) mass is 501 g/mol. The van der Waals surface area contributed by atoms with Gasteiger partial charge in [-0.15, -0.1) is 0 Å². The number of benzene rings is 3. The Morgan fingerprint density at radius 3 is 2.54 bits per heavy atom. The molecule has 9 heteroatoms. The Morgan fingerprint density at radius 1 is 1.05 bits per heavy atom. The van der Waals surface area contributed by atoms with Crippen LogP contribution in [-0.4, -0.2) is 80.9 Å². The number of aromatic nitrogens is 2. The van der Waals surface area contributed by atoms with Crippen molar-refractivity contribution >= 4 is 49.5 Å². The van der Waals surface area contributed by atoms with Crippen LogP contribution in [0.15, 0.2) is 48.5 Å². The molecule has 0 saturated carbocycles. The van der Waals surface area contributed by atoms with E-state index in [4.69, 9.17) is 9.47 Å². The fraction of sp³-hybridized carbons (Fsp3) is 0.321. The van der Waals surface area contributed by atoms with Crippen LogP contribution in [0, 0.1) is 0 Å². The molecule has 5 atom stereocenters. The van der Waals surface area contributed by atoms with Gasteiger partial charge in [-0.1, -0.05) is 36.4 Å². The molecule has 1 fully saturated rings. The van der Waals surface area contributed by atoms with Crippen molar-refractivity contribution in [1.29, 1.82) is 0 Å². The van der Waals surface area contributed by atoms with Crippen LogP contribution in [0.1, 0.15) is 22.1 Å². The zero-order chi connectivity index (χ0) is 25.6. The summed E-state index contributed by atoms with van der Waals surface area (Å²) in [5.41, 5.74) is 4.82. The molecule has 0 radical (unpaired) electrons. The number of ether oxygens (including phenoxy) is 2. The summed E-state index contributed by atoms with van der Waals surface area (Å²) in [5.74, 6) is -0.0621. The number of aliphatic hydroxyl groups is 3. The summed E-state index contributed by atoms with van der Waals surface area (Å²) in [4.78, 5) is 18.9. The Hall–Kier alpha value is -3.47. The van der Waals surface area contributed by atoms with Crippen LogP contribution >= 0.6 is 0 Å². The second-order valence-corrected chi connectivity index (χ2v) is 9.98. The SMILES string of the molecule is CO[C@H]1[C@H](O)[C@@H](O)[C@H](n2c3ccccc3c3c4c(c5c6ccccc6[nH]c5c32)CN(C)C4=O)O[C@@H]1CO. The first-order chi connectivity index (χ1) is 18.0. The Labute approximate surface area is 211 Å². The van der Waals surface area contributed by atoms with E-state index in [2.05, 4.69) is 4.98 Å². The molecule has 3 aromatic carbocycles. The standard InChI is InChI=1S/C28H27N3O6/c1-30-11-15-19-13-7-3-5-9-16(13)29-22(19)23-20(21(15)27(30)35)14-8-4-6-10-17(14)31(23)28-25(34)24(33)26(36-2)18(12-32)37-28/h3-10,18,24-26,28-29,32-34H,11-12H2,1-2H3/t18-,24-,25-,26-,28-/m1/s1. The van der Waals surface area contributed by atoms with Gasteiger partial charge in [0.1, 0.15) is 24.4 Å². The molecular formula is C28H27N3O6. The smallest absolute Gasteiger partial charge is 0.254 e. The van der Waals surface area contributed by atoms with E-state index in [1.807, 2.05) is 53.1 Å². The topological polar surface area (TPSA) is 120 Å². The van der Waals surface area contributed by atoms with Gasteiger partial charge in [0.05, 0.1) is 28.7 Å². The van der Waals surface area contributed by atoms with Crippen molar-refractivity contribution in [3.63, 3.8) is 0 Å². The number of rotatable bonds is 3. The summed E-state index contributed by atoms with van der Waals surface area (Å²) in [7, 11) is 3.21. The number of nitrogens with one attached hydrogen (secondary N) is 1. The third-order valence-corrected chi connectivity index (χ3v) is 8.03. The van der Waals surface area contributed by atoms with Gasteiger partial charge in [0.2, 0.25) is 0 Å². The Morgan fingerprint density at radius 2 is 1.78 bits per heavy atom. The summed E-state index contributed by atoms with van der Waals surface area (Å²) >= 11 is 0. The third kappa shape index (κ3) is 2.88. The fourth-order valence-electron chi connectivity index (χ4n) is 6.40. The van der Waals surface area contributed by atoms with E-state index < -0.39 is 37.3 Å². The molecule has 1 amide bonds. The number of methoxy groups -OCH3 is 1. The number of hydrogen-bond donors (Lipinski definition) is 4. The maximum Gasteiger partial charge on any atom is 0.254 e. The molecule has 0 unspecified atom stereocenters. The number of carbonyl (C=O) groups is 1. The van der Waals surface area contributed by atoms with E-state index in [-0.39, 0.29) is 5.91 Å². The molecule has 1 saturated heterocycles. The van der Waals surface area contributed by atoms with Gasteiger partial charge in [-0.2, -0.15) is 0 Å². The average molecular weight is 502 g/mol. The average Bonchev–Trinajstić information content (AvgIpc) is 3.55. The van der Waals surface area contributed by atoms with E-state index in [1.54, 1.807) is 11.9 Å². The molecule has 4 N–H and O–H groups in total. The van der Waals surface area contributed by atoms with Crippen LogP contribution in [0.5, 0.6) is 0 Å². The summed E-state index contributed by atoms with van der Waals surface area (Å²) < 4.78 is 13.5. The zero-order valence-corrected chi connectivity index (χ0v) is 20.4. The van der Waals surface area contributed by atoms with Gasteiger partial charge < -0.3 is 39.2 Å². The van der Waals surface area contributed by atoms with E-state index in [9.17, 15) is 20.1 Å². The minimum absolute atomic E-state index is 0.0621. The summed E-state index contributed by atoms with van der Waals surface area (Å²) in [6.45, 7) is 0.0989. The predicted octanol–water partition coefficient (Wildman–Crippen LogP) is 2.64. The second kappa shape index (κ2) is 8.01. The quantitative estimate of drug-likeness (QED) is 0.302. The lowest BCUT2D eigenvalue weighted by atomic mass is 9.96. The minimum Gasteiger partial charge on any atom is -0.394 e. The lowest BCUT2D eigenvalue weighted by molar-refractivity contribution is -0.255. The molecule has 7 rings (SSSR count). The maximum absolute atomic E-state index is 13.6. The minimum atomic E-state index is -1.35. The molecule has 0 bridgehead atoms. The summed E-state index contributed by atoms with van der Waals surface area (Å²) in [6.07, 6.45) is -5.43. The maximum atomic E-state index is 13.6. The van der Waals surface area contributed by atoms with Crippen LogP contribution in [0.3, 0.4) is 0 Å². The van der Waals surface area contributed by atoms with Gasteiger partial charge in [0.25, 0.3) is 5.91 Å². The van der Waals surface area contributed by atoms with Crippen LogP contribution in [0.4, 0.5) is 0 Å². The lowest BCUT2D eigenvalue weighted by Crippen LogP contribution is -2.57. The second-order valence-electron chi connectivity index (χ2n) is 9.98. The molecule has 9 nitrogen and oxygen atoms in total. The van der Waals surface area contributed by atoms with Gasteiger partial charge in [-0.25, -0.2) is 0 Å². The van der Waals surface area contributed by atoms with Crippen LogP contribution in [0.2, 0.25) is 0 Å². The highest BCUT2D eigenvalue weighted by atomic mass is 16.6. The van der Waals surface area contributed by atoms with Crippen molar-refractivity contribution < 1.29 is 29.6 Å². The Bertz CT molecular complexity index is 1720. The Kier molecular flexibility index (Phi) is 4.92. The first-order valence-corrected chi connectivity index (χ1v) is 12.3. The number of fused-ring (bicyclic) bond motifs is 10. The van der Waals surface area contributed by atoms with Gasteiger partial charge in [0.15, 0.2) is 6.23 Å². The van der Waals surface area contributed by atoms with Crippen LogP contribution in [0.25, 0.3) is 43.6 Å². The highest BCUT2D eigenvalue weighted by molar-refractivity contribution is 6.30. The summed E-state index contributed by atoms with van der Waals surface area (Å²) in [5, 5.41) is 35.9. The lowest BCUT2D eigenvalue weighted by Gasteiger charge is -2.42. The first-order valence-electron chi connectivity index (χ1n) is 12.3. The molecule has 190 valence electrons. The van der Waals surface area contributed by atoms with E-state index in [0.29, 0.717) is 17.6 Å². The van der Waals surface area contributed by atoms with E-state index >= 15 is 0 Å². The highest BCUT2D eigenvalue weighted by Crippen LogP contribution is 2.47. The van der Waals surface area contributed by atoms with Crippen molar-refractivity contribution in [2.45, 2.75) is 37.2 Å². The molecule has 2 aliphatic rings. The van der Waals surface area contributed by atoms with Crippen molar-refractivity contribution in [2.24, 2.45) is 0 Å². The highest BCUT2D eigenvalue weighted by Gasteiger charge is 2.46. The van der Waals surface area contributed by atoms with Gasteiger partial charge in [-0.05, 0) is 17.7 Å². The normalized spacial score (nSPS) is 26.2. The van der Waals surface area contributed by atoms with Crippen LogP contribution in [-0.2, 0) is 16.0 Å².